The predicted octanol–water partition coefficient (Wildman–Crippen LogP) is 3.62. The summed E-state index contributed by atoms with van der Waals surface area (Å²) in [6.45, 7) is 0.189. The van der Waals surface area contributed by atoms with Gasteiger partial charge in [-0.15, -0.1) is 22.7 Å². The maximum atomic E-state index is 11.9. The minimum Gasteiger partial charge on any atom is -0.454 e. The van der Waals surface area contributed by atoms with E-state index in [9.17, 15) is 4.79 Å². The number of benzene rings is 1. The molecule has 0 fully saturated rings. The third kappa shape index (κ3) is 2.92. The van der Waals surface area contributed by atoms with E-state index in [2.05, 4.69) is 9.97 Å². The highest BCUT2D eigenvalue weighted by molar-refractivity contribution is 7.13. The van der Waals surface area contributed by atoms with Gasteiger partial charge in [0.2, 0.25) is 0 Å². The first kappa shape index (κ1) is 13.0. The Bertz CT molecular complexity index is 693. The molecule has 3 aromatic rings. The van der Waals surface area contributed by atoms with E-state index in [1.54, 1.807) is 11.6 Å². The molecule has 0 aliphatic rings. The topological polar surface area (TPSA) is 52.1 Å². The van der Waals surface area contributed by atoms with E-state index in [0.717, 1.165) is 15.6 Å². The lowest BCUT2D eigenvalue weighted by Gasteiger charge is -1.99. The van der Waals surface area contributed by atoms with Crippen LogP contribution in [0.25, 0.3) is 10.6 Å². The number of ether oxygens (including phenoxy) is 1. The molecule has 0 saturated carbocycles. The van der Waals surface area contributed by atoms with E-state index in [-0.39, 0.29) is 6.61 Å². The Hall–Kier alpha value is -2.05. The summed E-state index contributed by atoms with van der Waals surface area (Å²) >= 11 is 2.89. The molecule has 3 rings (SSSR count). The summed E-state index contributed by atoms with van der Waals surface area (Å²) in [4.78, 5) is 20.2. The number of carbonyl (C=O) groups is 1. The highest BCUT2D eigenvalue weighted by atomic mass is 32.1. The molecule has 0 N–H and O–H groups in total. The monoisotopic (exact) mass is 302 g/mol. The van der Waals surface area contributed by atoms with Crippen LogP contribution < -0.4 is 0 Å². The second-order valence-electron chi connectivity index (χ2n) is 3.91. The number of thiazole rings is 2. The Morgan fingerprint density at radius 3 is 2.80 bits per heavy atom. The van der Waals surface area contributed by atoms with Crippen molar-refractivity contribution in [1.82, 2.24) is 9.97 Å². The highest BCUT2D eigenvalue weighted by Crippen LogP contribution is 2.23. The average molecular weight is 302 g/mol. The maximum Gasteiger partial charge on any atom is 0.358 e. The van der Waals surface area contributed by atoms with Crippen LogP contribution in [0.3, 0.4) is 0 Å². The Balaban J connectivity index is 1.69. The molecule has 2 aromatic heterocycles. The van der Waals surface area contributed by atoms with Gasteiger partial charge in [0.05, 0.1) is 0 Å². The summed E-state index contributed by atoms with van der Waals surface area (Å²) in [6.07, 6.45) is 1.68. The van der Waals surface area contributed by atoms with E-state index in [4.69, 9.17) is 4.74 Å². The molecule has 2 heterocycles. The molecule has 4 nitrogen and oxygen atoms in total. The molecule has 0 saturated heterocycles. The molecule has 0 aliphatic carbocycles. The molecule has 0 atom stereocenters. The Morgan fingerprint density at radius 2 is 2.05 bits per heavy atom. The summed E-state index contributed by atoms with van der Waals surface area (Å²) in [7, 11) is 0. The van der Waals surface area contributed by atoms with E-state index >= 15 is 0 Å². The SMILES string of the molecule is O=C(OCc1nccs1)c1csc(-c2ccccc2)n1. The van der Waals surface area contributed by atoms with Crippen molar-refractivity contribution in [3.05, 3.63) is 58.0 Å². The van der Waals surface area contributed by atoms with E-state index in [1.807, 2.05) is 35.7 Å². The minimum atomic E-state index is -0.418. The van der Waals surface area contributed by atoms with Crippen LogP contribution in [0.15, 0.2) is 47.3 Å². The molecule has 0 bridgehead atoms. The van der Waals surface area contributed by atoms with Crippen LogP contribution in [0.2, 0.25) is 0 Å². The van der Waals surface area contributed by atoms with Crippen molar-refractivity contribution in [2.45, 2.75) is 6.61 Å². The first-order valence-electron chi connectivity index (χ1n) is 5.89. The van der Waals surface area contributed by atoms with Gasteiger partial charge in [-0.1, -0.05) is 30.3 Å². The predicted molar refractivity (Wildman–Crippen MR) is 78.8 cm³/mol. The number of aromatic nitrogens is 2. The number of carbonyl (C=O) groups excluding carboxylic acids is 1. The first-order chi connectivity index (χ1) is 9.83. The maximum absolute atomic E-state index is 11.9. The van der Waals surface area contributed by atoms with Crippen LogP contribution in [0.4, 0.5) is 0 Å². The van der Waals surface area contributed by atoms with Gasteiger partial charge >= 0.3 is 5.97 Å². The van der Waals surface area contributed by atoms with E-state index in [1.165, 1.54) is 22.7 Å². The normalized spacial score (nSPS) is 10.4. The Morgan fingerprint density at radius 1 is 1.20 bits per heavy atom. The van der Waals surface area contributed by atoms with Gasteiger partial charge < -0.3 is 4.74 Å². The van der Waals surface area contributed by atoms with Crippen LogP contribution in [0, 0.1) is 0 Å². The largest absolute Gasteiger partial charge is 0.454 e. The third-order valence-electron chi connectivity index (χ3n) is 2.54. The zero-order chi connectivity index (χ0) is 13.8. The Labute approximate surface area is 123 Å². The summed E-state index contributed by atoms with van der Waals surface area (Å²) in [6, 6.07) is 9.75. The second kappa shape index (κ2) is 5.94. The van der Waals surface area contributed by atoms with Crippen molar-refractivity contribution in [1.29, 1.82) is 0 Å². The fourth-order valence-corrected chi connectivity index (χ4v) is 2.93. The van der Waals surface area contributed by atoms with Gasteiger partial charge in [-0.05, 0) is 0 Å². The van der Waals surface area contributed by atoms with Crippen LogP contribution in [-0.2, 0) is 11.3 Å². The first-order valence-corrected chi connectivity index (χ1v) is 7.65. The molecular formula is C14H10N2O2S2. The van der Waals surface area contributed by atoms with Crippen LogP contribution in [0.5, 0.6) is 0 Å². The molecule has 0 spiro atoms. The quantitative estimate of drug-likeness (QED) is 0.691. The van der Waals surface area contributed by atoms with Crippen molar-refractivity contribution >= 4 is 28.6 Å². The van der Waals surface area contributed by atoms with Crippen molar-refractivity contribution in [3.8, 4) is 10.6 Å². The highest BCUT2D eigenvalue weighted by Gasteiger charge is 2.13. The lowest BCUT2D eigenvalue weighted by molar-refractivity contribution is 0.0466. The van der Waals surface area contributed by atoms with Crippen molar-refractivity contribution in [3.63, 3.8) is 0 Å². The number of rotatable bonds is 4. The van der Waals surface area contributed by atoms with Crippen LogP contribution in [0.1, 0.15) is 15.5 Å². The van der Waals surface area contributed by atoms with Gasteiger partial charge in [-0.3, -0.25) is 0 Å². The molecule has 0 amide bonds. The molecule has 100 valence electrons. The van der Waals surface area contributed by atoms with Crippen molar-refractivity contribution in [2.24, 2.45) is 0 Å². The van der Waals surface area contributed by atoms with Gasteiger partial charge in [-0.25, -0.2) is 14.8 Å². The summed E-state index contributed by atoms with van der Waals surface area (Å²) in [5.74, 6) is -0.418. The van der Waals surface area contributed by atoms with Gasteiger partial charge in [-0.2, -0.15) is 0 Å². The molecule has 0 unspecified atom stereocenters. The molecule has 1 aromatic carbocycles. The zero-order valence-electron chi connectivity index (χ0n) is 10.4. The summed E-state index contributed by atoms with van der Waals surface area (Å²) in [5.41, 5.74) is 1.34. The molecule has 6 heteroatoms. The van der Waals surface area contributed by atoms with Gasteiger partial charge in [0.25, 0.3) is 0 Å². The van der Waals surface area contributed by atoms with E-state index in [0.29, 0.717) is 5.69 Å². The molecule has 0 aliphatic heterocycles. The number of nitrogens with zero attached hydrogens (tertiary/aromatic N) is 2. The van der Waals surface area contributed by atoms with Crippen molar-refractivity contribution in [2.75, 3.05) is 0 Å². The standard InChI is InChI=1S/C14H10N2O2S2/c17-14(18-8-12-15-6-7-19-12)11-9-20-13(16-11)10-4-2-1-3-5-10/h1-7,9H,8H2. The summed E-state index contributed by atoms with van der Waals surface area (Å²) in [5, 5.41) is 5.15. The molecule has 20 heavy (non-hydrogen) atoms. The minimum absolute atomic E-state index is 0.189. The molecular weight excluding hydrogens is 292 g/mol. The van der Waals surface area contributed by atoms with E-state index < -0.39 is 5.97 Å². The fraction of sp³-hybridized carbons (Fsp3) is 0.0714. The van der Waals surface area contributed by atoms with Crippen LogP contribution in [-0.4, -0.2) is 15.9 Å². The number of hydrogen-bond donors (Lipinski definition) is 0. The second-order valence-corrected chi connectivity index (χ2v) is 5.74. The summed E-state index contributed by atoms with van der Waals surface area (Å²) < 4.78 is 5.17. The average Bonchev–Trinajstić information content (AvgIpc) is 3.17. The lowest BCUT2D eigenvalue weighted by atomic mass is 10.2. The Kier molecular flexibility index (Phi) is 3.85. The smallest absolute Gasteiger partial charge is 0.358 e. The number of hydrogen-bond acceptors (Lipinski definition) is 6. The van der Waals surface area contributed by atoms with Gasteiger partial charge in [0, 0.05) is 22.5 Å². The lowest BCUT2D eigenvalue weighted by Crippen LogP contribution is -2.05. The van der Waals surface area contributed by atoms with Crippen molar-refractivity contribution < 1.29 is 9.53 Å². The van der Waals surface area contributed by atoms with Gasteiger partial charge in [0.1, 0.15) is 16.6 Å². The van der Waals surface area contributed by atoms with Crippen LogP contribution >= 0.6 is 22.7 Å². The fourth-order valence-electron chi connectivity index (χ4n) is 1.61. The van der Waals surface area contributed by atoms with Gasteiger partial charge in [0.15, 0.2) is 5.69 Å². The zero-order valence-corrected chi connectivity index (χ0v) is 12.0. The third-order valence-corrected chi connectivity index (χ3v) is 4.19. The number of esters is 1. The molecule has 0 radical (unpaired) electrons.